The third-order valence-corrected chi connectivity index (χ3v) is 6.47. The molecule has 1 aliphatic carbocycles. The average molecular weight is 511 g/mol. The van der Waals surface area contributed by atoms with Crippen molar-refractivity contribution in [2.45, 2.75) is 52.0 Å². The largest absolute Gasteiger partial charge is 0.357 e. The van der Waals surface area contributed by atoms with Crippen LogP contribution in [0.3, 0.4) is 0 Å². The second-order valence-corrected chi connectivity index (χ2v) is 8.52. The van der Waals surface area contributed by atoms with E-state index in [9.17, 15) is 4.79 Å². The number of benzene rings is 1. The number of anilines is 1. The molecule has 0 unspecified atom stereocenters. The highest BCUT2D eigenvalue weighted by molar-refractivity contribution is 14.0. The van der Waals surface area contributed by atoms with Gasteiger partial charge in [0.2, 0.25) is 0 Å². The zero-order valence-electron chi connectivity index (χ0n) is 17.5. The van der Waals surface area contributed by atoms with E-state index in [4.69, 9.17) is 4.99 Å². The maximum atomic E-state index is 12.3. The number of hydrogen-bond acceptors (Lipinski definition) is 2. The first-order valence-corrected chi connectivity index (χ1v) is 10.9. The van der Waals surface area contributed by atoms with Crippen molar-refractivity contribution in [2.24, 2.45) is 10.4 Å². The summed E-state index contributed by atoms with van der Waals surface area (Å²) in [5.41, 5.74) is 2.53. The third kappa shape index (κ3) is 5.35. The van der Waals surface area contributed by atoms with E-state index in [0.29, 0.717) is 12.0 Å². The van der Waals surface area contributed by atoms with Crippen molar-refractivity contribution in [1.29, 1.82) is 0 Å². The number of nitrogens with zero attached hydrogens (tertiary/aromatic N) is 3. The first-order valence-electron chi connectivity index (χ1n) is 10.9. The molecule has 4 rings (SSSR count). The van der Waals surface area contributed by atoms with Crippen molar-refractivity contribution in [3.05, 3.63) is 29.8 Å². The number of hydrogen-bond donors (Lipinski definition) is 2. The molecule has 160 valence electrons. The monoisotopic (exact) mass is 511 g/mol. The molecule has 2 amide bonds. The number of nitrogens with one attached hydrogen (secondary N) is 2. The average Bonchev–Trinajstić information content (AvgIpc) is 3.35. The number of guanidine groups is 1. The van der Waals surface area contributed by atoms with Crippen molar-refractivity contribution in [3.63, 3.8) is 0 Å². The van der Waals surface area contributed by atoms with Crippen molar-refractivity contribution in [2.75, 3.05) is 38.0 Å². The molecule has 6 nitrogen and oxygen atoms in total. The Morgan fingerprint density at radius 2 is 1.90 bits per heavy atom. The Kier molecular flexibility index (Phi) is 7.65. The molecule has 2 N–H and O–H groups in total. The van der Waals surface area contributed by atoms with Gasteiger partial charge in [-0.15, -0.1) is 24.0 Å². The predicted octanol–water partition coefficient (Wildman–Crippen LogP) is 4.27. The van der Waals surface area contributed by atoms with Gasteiger partial charge in [-0.1, -0.05) is 18.6 Å². The van der Waals surface area contributed by atoms with Gasteiger partial charge in [-0.3, -0.25) is 0 Å². The molecular weight excluding hydrogens is 477 g/mol. The fourth-order valence-corrected chi connectivity index (χ4v) is 4.66. The minimum Gasteiger partial charge on any atom is -0.357 e. The van der Waals surface area contributed by atoms with Gasteiger partial charge in [0.05, 0.1) is 6.54 Å². The quantitative estimate of drug-likeness (QED) is 0.361. The molecule has 0 atom stereocenters. The molecule has 1 saturated carbocycles. The SMILES string of the molecule is CCNC(=NCc1cccc(NC(=O)N2CCCC2)c1)N1CCC2(CCC2)C1.I. The fourth-order valence-electron chi connectivity index (χ4n) is 4.66. The summed E-state index contributed by atoms with van der Waals surface area (Å²) in [5.74, 6) is 1.03. The normalized spacial score (nSPS) is 20.4. The van der Waals surface area contributed by atoms with Gasteiger partial charge < -0.3 is 20.4 Å². The first kappa shape index (κ1) is 22.2. The van der Waals surface area contributed by atoms with Gasteiger partial charge >= 0.3 is 6.03 Å². The van der Waals surface area contributed by atoms with Crippen molar-refractivity contribution in [1.82, 2.24) is 15.1 Å². The van der Waals surface area contributed by atoms with E-state index in [1.54, 1.807) is 0 Å². The van der Waals surface area contributed by atoms with E-state index in [-0.39, 0.29) is 30.0 Å². The van der Waals surface area contributed by atoms with Gasteiger partial charge in [0.1, 0.15) is 0 Å². The summed E-state index contributed by atoms with van der Waals surface area (Å²) in [4.78, 5) is 21.5. The van der Waals surface area contributed by atoms with Crippen LogP contribution in [0.1, 0.15) is 51.0 Å². The molecule has 0 aromatic heterocycles. The van der Waals surface area contributed by atoms with Crippen LogP contribution in [-0.2, 0) is 6.54 Å². The Hall–Kier alpha value is -1.51. The summed E-state index contributed by atoms with van der Waals surface area (Å²) < 4.78 is 0. The number of rotatable bonds is 4. The number of halogens is 1. The fraction of sp³-hybridized carbons (Fsp3) is 0.636. The molecule has 3 aliphatic rings. The van der Waals surface area contributed by atoms with E-state index in [1.807, 2.05) is 23.1 Å². The van der Waals surface area contributed by atoms with Gasteiger partial charge in [0.25, 0.3) is 0 Å². The van der Waals surface area contributed by atoms with Crippen LogP contribution < -0.4 is 10.6 Å². The lowest BCUT2D eigenvalue weighted by atomic mass is 9.68. The molecule has 29 heavy (non-hydrogen) atoms. The zero-order valence-corrected chi connectivity index (χ0v) is 19.8. The van der Waals surface area contributed by atoms with Gasteiger partial charge in [0, 0.05) is 38.4 Å². The van der Waals surface area contributed by atoms with Crippen LogP contribution in [0.4, 0.5) is 10.5 Å². The van der Waals surface area contributed by atoms with Crippen LogP contribution in [0.2, 0.25) is 0 Å². The van der Waals surface area contributed by atoms with Gasteiger partial charge in [-0.05, 0) is 62.1 Å². The van der Waals surface area contributed by atoms with Crippen LogP contribution in [-0.4, -0.2) is 54.5 Å². The summed E-state index contributed by atoms with van der Waals surface area (Å²) in [7, 11) is 0. The highest BCUT2D eigenvalue weighted by Crippen LogP contribution is 2.47. The lowest BCUT2D eigenvalue weighted by molar-refractivity contribution is 0.151. The van der Waals surface area contributed by atoms with Crippen LogP contribution >= 0.6 is 24.0 Å². The molecule has 2 aliphatic heterocycles. The Morgan fingerprint density at radius 3 is 2.55 bits per heavy atom. The number of likely N-dealkylation sites (tertiary alicyclic amines) is 2. The Bertz CT molecular complexity index is 728. The minimum atomic E-state index is 0. The molecule has 0 bridgehead atoms. The van der Waals surface area contributed by atoms with Crippen LogP contribution in [0.15, 0.2) is 29.3 Å². The lowest BCUT2D eigenvalue weighted by Crippen LogP contribution is -2.42. The van der Waals surface area contributed by atoms with Crippen LogP contribution in [0.5, 0.6) is 0 Å². The van der Waals surface area contributed by atoms with Gasteiger partial charge in [-0.25, -0.2) is 9.79 Å². The number of aliphatic imine (C=N–C) groups is 1. The van der Waals surface area contributed by atoms with Crippen molar-refractivity contribution >= 4 is 41.7 Å². The molecule has 1 aromatic carbocycles. The summed E-state index contributed by atoms with van der Waals surface area (Å²) in [6.45, 7) is 7.60. The Morgan fingerprint density at radius 1 is 1.10 bits per heavy atom. The van der Waals surface area contributed by atoms with Crippen LogP contribution in [0.25, 0.3) is 0 Å². The van der Waals surface area contributed by atoms with Gasteiger partial charge in [0.15, 0.2) is 5.96 Å². The van der Waals surface area contributed by atoms with E-state index in [1.165, 1.54) is 25.7 Å². The molecular formula is C22H34IN5O. The van der Waals surface area contributed by atoms with Gasteiger partial charge in [-0.2, -0.15) is 0 Å². The summed E-state index contributed by atoms with van der Waals surface area (Å²) >= 11 is 0. The second kappa shape index (κ2) is 10.00. The molecule has 1 aromatic rings. The maximum absolute atomic E-state index is 12.3. The summed E-state index contributed by atoms with van der Waals surface area (Å²) in [6.07, 6.45) is 7.65. The van der Waals surface area contributed by atoms with E-state index in [0.717, 1.165) is 62.8 Å². The zero-order chi connectivity index (χ0) is 19.4. The predicted molar refractivity (Wildman–Crippen MR) is 129 cm³/mol. The Balaban J connectivity index is 0.00000240. The topological polar surface area (TPSA) is 60.0 Å². The molecule has 2 saturated heterocycles. The van der Waals surface area contributed by atoms with Crippen LogP contribution in [0, 0.1) is 5.41 Å². The van der Waals surface area contributed by atoms with E-state index < -0.39 is 0 Å². The highest BCUT2D eigenvalue weighted by atomic mass is 127. The molecule has 0 radical (unpaired) electrons. The first-order chi connectivity index (χ1) is 13.7. The number of carbonyl (C=O) groups is 1. The third-order valence-electron chi connectivity index (χ3n) is 6.47. The number of urea groups is 1. The lowest BCUT2D eigenvalue weighted by Gasteiger charge is -2.38. The van der Waals surface area contributed by atoms with Crippen molar-refractivity contribution < 1.29 is 4.79 Å². The maximum Gasteiger partial charge on any atom is 0.321 e. The minimum absolute atomic E-state index is 0. The standard InChI is InChI=1S/C22H33N5O.HI/c1-2-23-20(27-14-11-22(17-27)9-6-10-22)24-16-18-7-5-8-19(15-18)25-21(28)26-12-3-4-13-26;/h5,7-8,15H,2-4,6,9-14,16-17H2,1H3,(H,23,24)(H,25,28);1H. The van der Waals surface area contributed by atoms with E-state index >= 15 is 0 Å². The second-order valence-electron chi connectivity index (χ2n) is 8.52. The molecule has 2 heterocycles. The molecule has 7 heteroatoms. The number of carbonyl (C=O) groups excluding carboxylic acids is 1. The van der Waals surface area contributed by atoms with Crippen molar-refractivity contribution in [3.8, 4) is 0 Å². The molecule has 1 spiro atoms. The summed E-state index contributed by atoms with van der Waals surface area (Å²) in [5, 5.41) is 6.49. The smallest absolute Gasteiger partial charge is 0.321 e. The molecule has 3 fully saturated rings. The van der Waals surface area contributed by atoms with E-state index in [2.05, 4.69) is 28.5 Å². The Labute approximate surface area is 191 Å². The summed E-state index contributed by atoms with van der Waals surface area (Å²) in [6, 6.07) is 8.08. The number of amides is 2. The highest BCUT2D eigenvalue weighted by Gasteiger charge is 2.43.